The van der Waals surface area contributed by atoms with Gasteiger partial charge in [-0.25, -0.2) is 0 Å². The molecule has 5 heteroatoms. The number of aliphatic hydroxyl groups excluding tert-OH is 1. The highest BCUT2D eigenvalue weighted by atomic mass is 32.2. The maximum Gasteiger partial charge on any atom is 0.192 e. The van der Waals surface area contributed by atoms with Crippen LogP contribution < -0.4 is 0 Å². The molecule has 1 aliphatic rings. The summed E-state index contributed by atoms with van der Waals surface area (Å²) in [6.07, 6.45) is 0.106. The third kappa shape index (κ3) is 4.74. The summed E-state index contributed by atoms with van der Waals surface area (Å²) in [4.78, 5) is 2.40. The second-order valence-electron chi connectivity index (χ2n) is 6.98. The van der Waals surface area contributed by atoms with Gasteiger partial charge in [-0.3, -0.25) is 4.90 Å². The monoisotopic (exact) mass is 305 g/mol. The topological polar surface area (TPSA) is 32.7 Å². The second kappa shape index (κ2) is 6.94. The Balaban J connectivity index is 2.65. The molecule has 0 bridgehead atoms. The minimum absolute atomic E-state index is 0.106. The molecule has 1 heterocycles. The highest BCUT2D eigenvalue weighted by Crippen LogP contribution is 2.37. The van der Waals surface area contributed by atoms with Gasteiger partial charge in [-0.15, -0.1) is 0 Å². The van der Waals surface area contributed by atoms with E-state index in [0.29, 0.717) is 0 Å². The van der Waals surface area contributed by atoms with Crippen LogP contribution in [-0.4, -0.2) is 61.7 Å². The van der Waals surface area contributed by atoms with Crippen LogP contribution in [0, 0.1) is 0 Å². The second-order valence-corrected chi connectivity index (χ2v) is 13.0. The highest BCUT2D eigenvalue weighted by Gasteiger charge is 2.40. The van der Waals surface area contributed by atoms with Gasteiger partial charge in [0, 0.05) is 24.6 Å². The van der Waals surface area contributed by atoms with Crippen molar-refractivity contribution in [2.45, 2.75) is 58.0 Å². The number of thioether (sulfide) groups is 1. The third-order valence-electron chi connectivity index (χ3n) is 4.53. The summed E-state index contributed by atoms with van der Waals surface area (Å²) >= 11 is 2.00. The van der Waals surface area contributed by atoms with E-state index in [0.717, 1.165) is 13.1 Å². The van der Waals surface area contributed by atoms with Crippen LogP contribution in [-0.2, 0) is 4.43 Å². The molecule has 1 fully saturated rings. The van der Waals surface area contributed by atoms with E-state index < -0.39 is 8.32 Å². The highest BCUT2D eigenvalue weighted by molar-refractivity contribution is 7.99. The summed E-state index contributed by atoms with van der Waals surface area (Å²) in [5, 5.41) is 9.96. The molecule has 3 nitrogen and oxygen atoms in total. The zero-order chi connectivity index (χ0) is 14.7. The molecule has 0 amide bonds. The smallest absolute Gasteiger partial charge is 0.192 e. The van der Waals surface area contributed by atoms with Crippen molar-refractivity contribution in [3.05, 3.63) is 0 Å². The van der Waals surface area contributed by atoms with Crippen molar-refractivity contribution in [3.8, 4) is 0 Å². The average molecular weight is 306 g/mol. The lowest BCUT2D eigenvalue weighted by Gasteiger charge is -2.43. The van der Waals surface area contributed by atoms with E-state index in [1.54, 1.807) is 0 Å². The Morgan fingerprint density at radius 2 is 1.79 bits per heavy atom. The van der Waals surface area contributed by atoms with E-state index >= 15 is 0 Å². The van der Waals surface area contributed by atoms with Gasteiger partial charge in [-0.1, -0.05) is 20.8 Å². The largest absolute Gasteiger partial charge is 0.413 e. The van der Waals surface area contributed by atoms with E-state index in [1.165, 1.54) is 11.5 Å². The normalized spacial score (nSPS) is 22.3. The molecule has 114 valence electrons. The van der Waals surface area contributed by atoms with E-state index in [2.05, 4.69) is 45.7 Å². The zero-order valence-corrected chi connectivity index (χ0v) is 15.2. The Morgan fingerprint density at radius 1 is 1.26 bits per heavy atom. The van der Waals surface area contributed by atoms with E-state index in [1.807, 2.05) is 11.8 Å². The van der Waals surface area contributed by atoms with Crippen LogP contribution in [0.2, 0.25) is 18.1 Å². The van der Waals surface area contributed by atoms with Crippen LogP contribution in [0.15, 0.2) is 0 Å². The zero-order valence-electron chi connectivity index (χ0n) is 13.4. The van der Waals surface area contributed by atoms with Gasteiger partial charge in [-0.05, 0) is 25.1 Å². The van der Waals surface area contributed by atoms with Crippen LogP contribution >= 0.6 is 11.8 Å². The van der Waals surface area contributed by atoms with E-state index in [9.17, 15) is 5.11 Å². The van der Waals surface area contributed by atoms with Crippen LogP contribution in [0.3, 0.4) is 0 Å². The molecular weight excluding hydrogens is 274 g/mol. The fraction of sp³-hybridized carbons (Fsp3) is 1.00. The van der Waals surface area contributed by atoms with Gasteiger partial charge in [0.05, 0.1) is 18.8 Å². The summed E-state index contributed by atoms with van der Waals surface area (Å²) in [6.45, 7) is 15.8. The van der Waals surface area contributed by atoms with Gasteiger partial charge in [0.15, 0.2) is 8.32 Å². The molecule has 0 unspecified atom stereocenters. The quantitative estimate of drug-likeness (QED) is 0.792. The Labute approximate surface area is 124 Å². The Bertz CT molecular complexity index is 275. The predicted octanol–water partition coefficient (Wildman–Crippen LogP) is 2.81. The standard InChI is InChI=1S/C14H31NO2SSi/c1-12(17-19(5,6)14(2,3)4)13(11-16)15-7-9-18-10-8-15/h12-13,16H,7-11H2,1-6H3/t12-,13-/m0/s1. The summed E-state index contributed by atoms with van der Waals surface area (Å²) in [5.74, 6) is 2.34. The van der Waals surface area contributed by atoms with Crippen molar-refractivity contribution in [1.82, 2.24) is 4.90 Å². The number of hydrogen-bond donors (Lipinski definition) is 1. The maximum absolute atomic E-state index is 9.74. The molecule has 19 heavy (non-hydrogen) atoms. The molecule has 0 radical (unpaired) electrons. The molecular formula is C14H31NO2SSi. The molecule has 1 N–H and O–H groups in total. The molecule has 0 saturated carbocycles. The average Bonchev–Trinajstić information content (AvgIpc) is 2.29. The van der Waals surface area contributed by atoms with Crippen molar-refractivity contribution in [1.29, 1.82) is 0 Å². The molecule has 1 aliphatic heterocycles. The minimum atomic E-state index is -1.75. The van der Waals surface area contributed by atoms with Gasteiger partial charge in [-0.2, -0.15) is 11.8 Å². The number of rotatable bonds is 5. The van der Waals surface area contributed by atoms with Crippen molar-refractivity contribution < 1.29 is 9.53 Å². The molecule has 2 atom stereocenters. The van der Waals surface area contributed by atoms with E-state index in [4.69, 9.17) is 4.43 Å². The molecule has 0 aromatic carbocycles. The summed E-state index contributed by atoms with van der Waals surface area (Å²) in [5.41, 5.74) is 0. The van der Waals surface area contributed by atoms with Crippen LogP contribution in [0.1, 0.15) is 27.7 Å². The Hall–Kier alpha value is 0.447. The molecule has 0 aromatic rings. The SMILES string of the molecule is C[C@H](O[Si](C)(C)C(C)(C)C)[C@H](CO)N1CCSCC1. The van der Waals surface area contributed by atoms with Gasteiger partial charge in [0.25, 0.3) is 0 Å². The van der Waals surface area contributed by atoms with Gasteiger partial charge in [0.1, 0.15) is 0 Å². The first-order valence-electron chi connectivity index (χ1n) is 7.29. The van der Waals surface area contributed by atoms with Gasteiger partial charge >= 0.3 is 0 Å². The predicted molar refractivity (Wildman–Crippen MR) is 87.5 cm³/mol. The number of hydrogen-bond acceptors (Lipinski definition) is 4. The summed E-state index contributed by atoms with van der Waals surface area (Å²) in [6, 6.07) is 0.148. The minimum Gasteiger partial charge on any atom is -0.413 e. The lowest BCUT2D eigenvalue weighted by molar-refractivity contribution is 0.0365. The molecule has 1 saturated heterocycles. The first kappa shape index (κ1) is 17.5. The molecule has 0 aliphatic carbocycles. The van der Waals surface area contributed by atoms with Crippen LogP contribution in [0.4, 0.5) is 0 Å². The van der Waals surface area contributed by atoms with Gasteiger partial charge in [0.2, 0.25) is 0 Å². The van der Waals surface area contributed by atoms with Gasteiger partial charge < -0.3 is 9.53 Å². The Kier molecular flexibility index (Phi) is 6.39. The number of aliphatic hydroxyl groups is 1. The molecule has 0 aromatic heterocycles. The first-order chi connectivity index (χ1) is 8.69. The maximum atomic E-state index is 9.74. The number of nitrogens with zero attached hydrogens (tertiary/aromatic N) is 1. The fourth-order valence-electron chi connectivity index (χ4n) is 2.19. The third-order valence-corrected chi connectivity index (χ3v) is 10.0. The Morgan fingerprint density at radius 3 is 2.21 bits per heavy atom. The van der Waals surface area contributed by atoms with Crippen molar-refractivity contribution in [3.63, 3.8) is 0 Å². The summed E-state index contributed by atoms with van der Waals surface area (Å²) < 4.78 is 6.44. The summed E-state index contributed by atoms with van der Waals surface area (Å²) in [7, 11) is -1.75. The van der Waals surface area contributed by atoms with Crippen molar-refractivity contribution >= 4 is 20.1 Å². The first-order valence-corrected chi connectivity index (χ1v) is 11.4. The lowest BCUT2D eigenvalue weighted by atomic mass is 10.1. The van der Waals surface area contributed by atoms with Crippen molar-refractivity contribution in [2.24, 2.45) is 0 Å². The van der Waals surface area contributed by atoms with Crippen LogP contribution in [0.5, 0.6) is 0 Å². The fourth-order valence-corrected chi connectivity index (χ4v) is 4.56. The molecule has 1 rings (SSSR count). The van der Waals surface area contributed by atoms with Crippen molar-refractivity contribution in [2.75, 3.05) is 31.2 Å². The lowest BCUT2D eigenvalue weighted by Crippen LogP contribution is -2.53. The van der Waals surface area contributed by atoms with Crippen LogP contribution in [0.25, 0.3) is 0 Å². The van der Waals surface area contributed by atoms with E-state index in [-0.39, 0.29) is 23.8 Å². The molecule has 0 spiro atoms.